The summed E-state index contributed by atoms with van der Waals surface area (Å²) >= 11 is 0. The second-order valence-corrected chi connectivity index (χ2v) is 5.35. The molecule has 0 unspecified atom stereocenters. The molecule has 3 rings (SSSR count). The predicted molar refractivity (Wildman–Crippen MR) is 80.2 cm³/mol. The number of phenolic OH excluding ortho intramolecular Hbond substituents is 1. The van der Waals surface area contributed by atoms with Crippen LogP contribution in [0.4, 0.5) is 0 Å². The lowest BCUT2D eigenvalue weighted by Crippen LogP contribution is -2.23. The van der Waals surface area contributed by atoms with Gasteiger partial charge in [-0.3, -0.25) is 9.78 Å². The maximum absolute atomic E-state index is 12.2. The summed E-state index contributed by atoms with van der Waals surface area (Å²) in [5.74, 6) is -0.0967. The van der Waals surface area contributed by atoms with E-state index in [4.69, 9.17) is 0 Å². The Morgan fingerprint density at radius 1 is 1.24 bits per heavy atom. The largest absolute Gasteiger partial charge is 0.507 e. The third-order valence-electron chi connectivity index (χ3n) is 3.92. The van der Waals surface area contributed by atoms with E-state index in [1.807, 2.05) is 18.2 Å². The van der Waals surface area contributed by atoms with Crippen molar-refractivity contribution in [2.24, 2.45) is 0 Å². The molecule has 4 nitrogen and oxygen atoms in total. The lowest BCUT2D eigenvalue weighted by Gasteiger charge is -2.18. The number of carbonyl (C=O) groups excluding carboxylic acids is 1. The summed E-state index contributed by atoms with van der Waals surface area (Å²) in [5.41, 5.74) is 3.40. The molecule has 1 aliphatic carbocycles. The Bertz CT molecular complexity index is 653. The fraction of sp³-hybridized carbons (Fsp3) is 0.294. The Morgan fingerprint density at radius 3 is 2.90 bits per heavy atom. The number of aryl methyl sites for hydroxylation is 1. The number of rotatable bonds is 3. The van der Waals surface area contributed by atoms with E-state index in [0.717, 1.165) is 36.8 Å². The molecule has 1 aliphatic rings. The molecule has 21 heavy (non-hydrogen) atoms. The number of nitrogens with one attached hydrogen (secondary N) is 1. The molecule has 0 saturated carbocycles. The van der Waals surface area contributed by atoms with Crippen LogP contribution in [0.2, 0.25) is 0 Å². The summed E-state index contributed by atoms with van der Waals surface area (Å²) in [4.78, 5) is 16.2. The van der Waals surface area contributed by atoms with Gasteiger partial charge in [-0.15, -0.1) is 0 Å². The van der Waals surface area contributed by atoms with Crippen molar-refractivity contribution in [3.63, 3.8) is 0 Å². The standard InChI is InChI=1S/C17H18N2O2/c20-16-14-6-2-1-5-13(14)7-8-15(16)17(21)19-11-12-4-3-9-18-10-12/h3-4,7-10,20H,1-2,5-6,11H2,(H,19,21). The van der Waals surface area contributed by atoms with Crippen molar-refractivity contribution >= 4 is 5.91 Å². The van der Waals surface area contributed by atoms with Crippen molar-refractivity contribution in [3.05, 3.63) is 58.9 Å². The third-order valence-corrected chi connectivity index (χ3v) is 3.92. The van der Waals surface area contributed by atoms with Gasteiger partial charge in [-0.1, -0.05) is 12.1 Å². The van der Waals surface area contributed by atoms with Crippen LogP contribution in [0, 0.1) is 0 Å². The van der Waals surface area contributed by atoms with Crippen LogP contribution >= 0.6 is 0 Å². The summed E-state index contributed by atoms with van der Waals surface area (Å²) in [5, 5.41) is 13.2. The first-order chi connectivity index (χ1) is 10.3. The Labute approximate surface area is 123 Å². The number of aromatic nitrogens is 1. The molecule has 0 aliphatic heterocycles. The summed E-state index contributed by atoms with van der Waals surface area (Å²) in [6.07, 6.45) is 7.47. The van der Waals surface area contributed by atoms with Gasteiger partial charge in [-0.2, -0.15) is 0 Å². The van der Waals surface area contributed by atoms with Crippen molar-refractivity contribution in [1.29, 1.82) is 0 Å². The van der Waals surface area contributed by atoms with E-state index in [1.54, 1.807) is 18.5 Å². The summed E-state index contributed by atoms with van der Waals surface area (Å²) < 4.78 is 0. The van der Waals surface area contributed by atoms with Gasteiger partial charge >= 0.3 is 0 Å². The van der Waals surface area contributed by atoms with Crippen molar-refractivity contribution < 1.29 is 9.90 Å². The summed E-state index contributed by atoms with van der Waals surface area (Å²) in [6, 6.07) is 7.42. The molecule has 0 atom stereocenters. The second-order valence-electron chi connectivity index (χ2n) is 5.35. The zero-order valence-corrected chi connectivity index (χ0v) is 11.8. The molecule has 1 aromatic carbocycles. The molecular weight excluding hydrogens is 264 g/mol. The molecule has 1 amide bonds. The highest BCUT2D eigenvalue weighted by molar-refractivity contribution is 5.97. The van der Waals surface area contributed by atoms with Gasteiger partial charge in [0.25, 0.3) is 5.91 Å². The Hall–Kier alpha value is -2.36. The lowest BCUT2D eigenvalue weighted by atomic mass is 9.89. The van der Waals surface area contributed by atoms with E-state index in [2.05, 4.69) is 10.3 Å². The number of hydrogen-bond acceptors (Lipinski definition) is 3. The average Bonchev–Trinajstić information content (AvgIpc) is 2.54. The van der Waals surface area contributed by atoms with Crippen LogP contribution in [-0.4, -0.2) is 16.0 Å². The molecule has 0 fully saturated rings. The third kappa shape index (κ3) is 2.89. The van der Waals surface area contributed by atoms with Crippen molar-refractivity contribution in [2.45, 2.75) is 32.2 Å². The van der Waals surface area contributed by atoms with Crippen LogP contribution in [0.5, 0.6) is 5.75 Å². The van der Waals surface area contributed by atoms with Gasteiger partial charge in [0.2, 0.25) is 0 Å². The molecule has 0 saturated heterocycles. The SMILES string of the molecule is O=C(NCc1cccnc1)c1ccc2c(c1O)CCCC2. The maximum Gasteiger partial charge on any atom is 0.255 e. The number of nitrogens with zero attached hydrogens (tertiary/aromatic N) is 1. The minimum absolute atomic E-state index is 0.149. The first-order valence-electron chi connectivity index (χ1n) is 7.26. The summed E-state index contributed by atoms with van der Waals surface area (Å²) in [7, 11) is 0. The fourth-order valence-electron chi connectivity index (χ4n) is 2.77. The Kier molecular flexibility index (Phi) is 3.86. The van der Waals surface area contributed by atoms with E-state index < -0.39 is 0 Å². The minimum Gasteiger partial charge on any atom is -0.507 e. The molecule has 4 heteroatoms. The molecule has 0 bridgehead atoms. The van der Waals surface area contributed by atoms with Crippen LogP contribution in [0.15, 0.2) is 36.7 Å². The average molecular weight is 282 g/mol. The first-order valence-corrected chi connectivity index (χ1v) is 7.26. The van der Waals surface area contributed by atoms with E-state index in [-0.39, 0.29) is 11.7 Å². The molecule has 0 radical (unpaired) electrons. The molecule has 1 heterocycles. The number of aromatic hydroxyl groups is 1. The van der Waals surface area contributed by atoms with Crippen LogP contribution in [-0.2, 0) is 19.4 Å². The highest BCUT2D eigenvalue weighted by atomic mass is 16.3. The van der Waals surface area contributed by atoms with E-state index in [9.17, 15) is 9.90 Å². The van der Waals surface area contributed by atoms with Gasteiger partial charge in [0.05, 0.1) is 5.56 Å². The fourth-order valence-corrected chi connectivity index (χ4v) is 2.77. The quantitative estimate of drug-likeness (QED) is 0.909. The van der Waals surface area contributed by atoms with Crippen molar-refractivity contribution in [3.8, 4) is 5.75 Å². The second kappa shape index (κ2) is 5.95. The zero-order valence-electron chi connectivity index (χ0n) is 11.8. The van der Waals surface area contributed by atoms with Crippen molar-refractivity contribution in [1.82, 2.24) is 10.3 Å². The topological polar surface area (TPSA) is 62.2 Å². The van der Waals surface area contributed by atoms with Crippen LogP contribution in [0.25, 0.3) is 0 Å². The number of pyridine rings is 1. The van der Waals surface area contributed by atoms with Gasteiger partial charge in [-0.25, -0.2) is 0 Å². The molecule has 2 aromatic rings. The van der Waals surface area contributed by atoms with Crippen LogP contribution in [0.3, 0.4) is 0 Å². The van der Waals surface area contributed by atoms with Gasteiger partial charge in [0.1, 0.15) is 5.75 Å². The van der Waals surface area contributed by atoms with Crippen LogP contribution in [0.1, 0.15) is 39.9 Å². The predicted octanol–water partition coefficient (Wildman–Crippen LogP) is 2.60. The number of amides is 1. The van der Waals surface area contributed by atoms with E-state index in [1.165, 1.54) is 5.56 Å². The van der Waals surface area contributed by atoms with Gasteiger partial charge in [0.15, 0.2) is 0 Å². The molecule has 0 spiro atoms. The zero-order chi connectivity index (χ0) is 14.7. The molecule has 2 N–H and O–H groups in total. The Morgan fingerprint density at radius 2 is 2.10 bits per heavy atom. The monoisotopic (exact) mass is 282 g/mol. The number of phenols is 1. The number of carbonyl (C=O) groups is 1. The minimum atomic E-state index is -0.246. The highest BCUT2D eigenvalue weighted by Crippen LogP contribution is 2.31. The van der Waals surface area contributed by atoms with Gasteiger partial charge in [0, 0.05) is 18.9 Å². The lowest BCUT2D eigenvalue weighted by molar-refractivity contribution is 0.0948. The highest BCUT2D eigenvalue weighted by Gasteiger charge is 2.19. The molecular formula is C17H18N2O2. The molecule has 1 aromatic heterocycles. The van der Waals surface area contributed by atoms with Gasteiger partial charge < -0.3 is 10.4 Å². The smallest absolute Gasteiger partial charge is 0.255 e. The van der Waals surface area contributed by atoms with Crippen molar-refractivity contribution in [2.75, 3.05) is 0 Å². The molecule has 108 valence electrons. The first kappa shape index (κ1) is 13.6. The summed E-state index contributed by atoms with van der Waals surface area (Å²) in [6.45, 7) is 0.406. The van der Waals surface area contributed by atoms with Crippen LogP contribution < -0.4 is 5.32 Å². The number of hydrogen-bond donors (Lipinski definition) is 2. The van der Waals surface area contributed by atoms with E-state index >= 15 is 0 Å². The Balaban J connectivity index is 1.76. The number of benzene rings is 1. The van der Waals surface area contributed by atoms with E-state index in [0.29, 0.717) is 12.1 Å². The maximum atomic E-state index is 12.2. The van der Waals surface area contributed by atoms with Gasteiger partial charge in [-0.05, 0) is 54.5 Å². The number of fused-ring (bicyclic) bond motifs is 1. The normalized spacial score (nSPS) is 13.5.